The minimum absolute atomic E-state index is 0. The van der Waals surface area contributed by atoms with Gasteiger partial charge in [0.2, 0.25) is 5.91 Å². The molecule has 0 radical (unpaired) electrons. The van der Waals surface area contributed by atoms with Crippen molar-refractivity contribution < 1.29 is 9.53 Å². The van der Waals surface area contributed by atoms with E-state index < -0.39 is 0 Å². The summed E-state index contributed by atoms with van der Waals surface area (Å²) in [5, 5.41) is 9.71. The van der Waals surface area contributed by atoms with E-state index in [1.54, 1.807) is 7.11 Å². The molecule has 1 atom stereocenters. The van der Waals surface area contributed by atoms with Gasteiger partial charge in [0, 0.05) is 32.1 Å². The maximum atomic E-state index is 11.8. The van der Waals surface area contributed by atoms with Gasteiger partial charge in [0.15, 0.2) is 5.96 Å². The highest BCUT2D eigenvalue weighted by molar-refractivity contribution is 14.0. The van der Waals surface area contributed by atoms with E-state index in [1.165, 1.54) is 12.0 Å². The van der Waals surface area contributed by atoms with Crippen LogP contribution in [0.25, 0.3) is 0 Å². The second-order valence-corrected chi connectivity index (χ2v) is 7.42. The molecule has 29 heavy (non-hydrogen) atoms. The second-order valence-electron chi connectivity index (χ2n) is 7.42. The number of hydrogen-bond acceptors (Lipinski definition) is 3. The topological polar surface area (TPSA) is 74.8 Å². The third-order valence-electron chi connectivity index (χ3n) is 5.28. The minimum atomic E-state index is 0. The van der Waals surface area contributed by atoms with Crippen LogP contribution < -0.4 is 20.7 Å². The Morgan fingerprint density at radius 3 is 2.48 bits per heavy atom. The molecule has 164 valence electrons. The Hall–Kier alpha value is -1.51. The average Bonchev–Trinajstić information content (AvgIpc) is 2.66. The molecule has 1 aromatic rings. The van der Waals surface area contributed by atoms with Gasteiger partial charge in [-0.25, -0.2) is 0 Å². The summed E-state index contributed by atoms with van der Waals surface area (Å²) in [7, 11) is 1.69. The summed E-state index contributed by atoms with van der Waals surface area (Å²) < 4.78 is 5.22. The first-order chi connectivity index (χ1) is 13.6. The van der Waals surface area contributed by atoms with Gasteiger partial charge in [0.05, 0.1) is 7.11 Å². The number of halogens is 1. The van der Waals surface area contributed by atoms with Crippen LogP contribution >= 0.6 is 24.0 Å². The molecular formula is C22H37IN4O2. The number of methoxy groups -OCH3 is 1. The largest absolute Gasteiger partial charge is 0.497 e. The molecule has 0 aliphatic heterocycles. The molecule has 1 aromatic carbocycles. The summed E-state index contributed by atoms with van der Waals surface area (Å²) in [6, 6.07) is 8.27. The number of nitrogens with zero attached hydrogens (tertiary/aromatic N) is 1. The lowest BCUT2D eigenvalue weighted by Crippen LogP contribution is -2.38. The molecule has 1 fully saturated rings. The fourth-order valence-corrected chi connectivity index (χ4v) is 3.14. The third kappa shape index (κ3) is 9.23. The Labute approximate surface area is 192 Å². The molecule has 0 spiro atoms. The van der Waals surface area contributed by atoms with Gasteiger partial charge >= 0.3 is 0 Å². The van der Waals surface area contributed by atoms with E-state index in [0.717, 1.165) is 50.5 Å². The molecule has 2 rings (SSSR count). The van der Waals surface area contributed by atoms with Crippen molar-refractivity contribution in [2.75, 3.05) is 33.3 Å². The minimum Gasteiger partial charge on any atom is -0.497 e. The fourth-order valence-electron chi connectivity index (χ4n) is 3.14. The highest BCUT2D eigenvalue weighted by atomic mass is 127. The molecule has 7 heteroatoms. The van der Waals surface area contributed by atoms with Gasteiger partial charge < -0.3 is 20.7 Å². The van der Waals surface area contributed by atoms with Crippen molar-refractivity contribution in [3.8, 4) is 5.75 Å². The van der Waals surface area contributed by atoms with E-state index in [9.17, 15) is 4.79 Å². The highest BCUT2D eigenvalue weighted by Gasteiger charge is 2.24. The molecule has 0 bridgehead atoms. The number of amides is 1. The number of ether oxygens (including phenoxy) is 1. The van der Waals surface area contributed by atoms with E-state index in [-0.39, 0.29) is 35.8 Å². The molecule has 3 N–H and O–H groups in total. The molecule has 1 aliphatic rings. The summed E-state index contributed by atoms with van der Waals surface area (Å²) in [6.45, 7) is 7.39. The first kappa shape index (κ1) is 25.5. The number of carbonyl (C=O) groups is 1. The zero-order valence-electron chi connectivity index (χ0n) is 18.0. The van der Waals surface area contributed by atoms with Crippen LogP contribution in [0.1, 0.15) is 57.4 Å². The summed E-state index contributed by atoms with van der Waals surface area (Å²) in [4.78, 5) is 16.4. The monoisotopic (exact) mass is 516 g/mol. The first-order valence-electron chi connectivity index (χ1n) is 10.6. The van der Waals surface area contributed by atoms with Crippen LogP contribution in [0, 0.1) is 5.92 Å². The number of hydrogen-bond donors (Lipinski definition) is 3. The highest BCUT2D eigenvalue weighted by Crippen LogP contribution is 2.26. The second kappa shape index (κ2) is 14.5. The lowest BCUT2D eigenvalue weighted by Gasteiger charge is -2.23. The number of carbonyl (C=O) groups excluding carboxylic acids is 1. The Morgan fingerprint density at radius 1 is 1.17 bits per heavy atom. The Bertz CT molecular complexity index is 618. The molecule has 0 heterocycles. The smallest absolute Gasteiger partial charge is 0.223 e. The van der Waals surface area contributed by atoms with Crippen molar-refractivity contribution >= 4 is 35.8 Å². The predicted octanol–water partition coefficient (Wildman–Crippen LogP) is 3.67. The lowest BCUT2D eigenvalue weighted by atomic mass is 9.85. The van der Waals surface area contributed by atoms with Crippen LogP contribution in [-0.2, 0) is 4.79 Å². The van der Waals surface area contributed by atoms with Crippen LogP contribution in [0.15, 0.2) is 29.3 Å². The number of guanidine groups is 1. The Morgan fingerprint density at radius 2 is 1.90 bits per heavy atom. The number of aliphatic imine (C=N–C) groups is 1. The molecular weight excluding hydrogens is 479 g/mol. The fraction of sp³-hybridized carbons (Fsp3) is 0.636. The SMILES string of the molecule is CCNC(=NCCCNC(=O)C1CCC1)NCCC(C)c1ccc(OC)cc1.I. The quantitative estimate of drug-likeness (QED) is 0.182. The predicted molar refractivity (Wildman–Crippen MR) is 130 cm³/mol. The van der Waals surface area contributed by atoms with Crippen LogP contribution in [0.5, 0.6) is 5.75 Å². The Kier molecular flexibility index (Phi) is 12.7. The lowest BCUT2D eigenvalue weighted by molar-refractivity contribution is -0.127. The van der Waals surface area contributed by atoms with Crippen molar-refractivity contribution in [3.63, 3.8) is 0 Å². The van der Waals surface area contributed by atoms with Gasteiger partial charge in [-0.2, -0.15) is 0 Å². The zero-order valence-corrected chi connectivity index (χ0v) is 20.3. The normalized spacial score (nSPS) is 14.9. The molecule has 1 amide bonds. The van der Waals surface area contributed by atoms with E-state index in [2.05, 4.69) is 46.9 Å². The van der Waals surface area contributed by atoms with Crippen LogP contribution in [0.3, 0.4) is 0 Å². The van der Waals surface area contributed by atoms with Crippen LogP contribution in [0.2, 0.25) is 0 Å². The van der Waals surface area contributed by atoms with Crippen LogP contribution in [-0.4, -0.2) is 45.2 Å². The van der Waals surface area contributed by atoms with Gasteiger partial charge in [-0.3, -0.25) is 9.79 Å². The standard InChI is InChI=1S/C22H36N4O2.HI/c1-4-23-22(25-15-6-14-24-21(27)19-7-5-8-19)26-16-13-17(2)18-9-11-20(28-3)12-10-18;/h9-12,17,19H,4-8,13-16H2,1-3H3,(H,24,27)(H2,23,25,26);1H. The average molecular weight is 516 g/mol. The van der Waals surface area contributed by atoms with E-state index >= 15 is 0 Å². The third-order valence-corrected chi connectivity index (χ3v) is 5.28. The Balaban J connectivity index is 0.00000420. The summed E-state index contributed by atoms with van der Waals surface area (Å²) >= 11 is 0. The maximum Gasteiger partial charge on any atom is 0.223 e. The number of nitrogens with one attached hydrogen (secondary N) is 3. The van der Waals surface area contributed by atoms with Crippen LogP contribution in [0.4, 0.5) is 0 Å². The van der Waals surface area contributed by atoms with Crippen molar-refractivity contribution in [1.29, 1.82) is 0 Å². The van der Waals surface area contributed by atoms with Gasteiger partial charge in [-0.1, -0.05) is 25.5 Å². The van der Waals surface area contributed by atoms with Gasteiger partial charge in [-0.05, 0) is 56.2 Å². The molecule has 6 nitrogen and oxygen atoms in total. The summed E-state index contributed by atoms with van der Waals surface area (Å²) in [5.74, 6) is 2.67. The summed E-state index contributed by atoms with van der Waals surface area (Å²) in [6.07, 6.45) is 5.17. The molecule has 1 aliphatic carbocycles. The first-order valence-corrected chi connectivity index (χ1v) is 10.6. The van der Waals surface area contributed by atoms with Crippen molar-refractivity contribution in [3.05, 3.63) is 29.8 Å². The van der Waals surface area contributed by atoms with Gasteiger partial charge in [0.25, 0.3) is 0 Å². The molecule has 1 saturated carbocycles. The summed E-state index contributed by atoms with van der Waals surface area (Å²) in [5.41, 5.74) is 1.31. The molecule has 0 aromatic heterocycles. The zero-order chi connectivity index (χ0) is 20.2. The molecule has 0 saturated heterocycles. The maximum absolute atomic E-state index is 11.8. The van der Waals surface area contributed by atoms with Crippen molar-refractivity contribution in [1.82, 2.24) is 16.0 Å². The van der Waals surface area contributed by atoms with Crippen molar-refractivity contribution in [2.24, 2.45) is 10.9 Å². The van der Waals surface area contributed by atoms with E-state index in [0.29, 0.717) is 19.0 Å². The van der Waals surface area contributed by atoms with E-state index in [1.807, 2.05) is 12.1 Å². The molecule has 1 unspecified atom stereocenters. The van der Waals surface area contributed by atoms with Gasteiger partial charge in [-0.15, -0.1) is 24.0 Å². The van der Waals surface area contributed by atoms with Crippen molar-refractivity contribution in [2.45, 2.75) is 51.9 Å². The van der Waals surface area contributed by atoms with E-state index in [4.69, 9.17) is 4.74 Å². The number of rotatable bonds is 11. The number of benzene rings is 1. The van der Waals surface area contributed by atoms with Gasteiger partial charge in [0.1, 0.15) is 5.75 Å².